The summed E-state index contributed by atoms with van der Waals surface area (Å²) < 4.78 is 13.2. The topological polar surface area (TPSA) is 51.4 Å². The van der Waals surface area contributed by atoms with Crippen LogP contribution in [0.2, 0.25) is 0 Å². The average Bonchev–Trinajstić information content (AvgIpc) is 2.92. The Bertz CT molecular complexity index is 703. The molecule has 1 aliphatic rings. The van der Waals surface area contributed by atoms with Crippen molar-refractivity contribution in [2.75, 3.05) is 6.79 Å². The Morgan fingerprint density at radius 3 is 2.95 bits per heavy atom. The molecule has 0 saturated heterocycles. The minimum Gasteiger partial charge on any atom is -0.454 e. The molecule has 21 heavy (non-hydrogen) atoms. The predicted molar refractivity (Wildman–Crippen MR) is 79.1 cm³/mol. The van der Waals surface area contributed by atoms with Crippen LogP contribution in [0.1, 0.15) is 15.9 Å². The summed E-state index contributed by atoms with van der Waals surface area (Å²) in [5, 5.41) is 2.89. The predicted octanol–water partition coefficient (Wildman–Crippen LogP) is 1.93. The van der Waals surface area contributed by atoms with Crippen molar-refractivity contribution >= 4 is 21.8 Å². The van der Waals surface area contributed by atoms with Crippen LogP contribution in [-0.4, -0.2) is 12.7 Å². The van der Waals surface area contributed by atoms with E-state index in [2.05, 4.69) is 21.2 Å². The van der Waals surface area contributed by atoms with Gasteiger partial charge in [0.15, 0.2) is 23.9 Å². The van der Waals surface area contributed by atoms with Crippen molar-refractivity contribution in [1.29, 1.82) is 0 Å². The highest BCUT2D eigenvalue weighted by molar-refractivity contribution is 9.10. The molecule has 1 amide bonds. The highest BCUT2D eigenvalue weighted by atomic mass is 79.9. The van der Waals surface area contributed by atoms with Gasteiger partial charge in [0.25, 0.3) is 5.91 Å². The van der Waals surface area contributed by atoms with Gasteiger partial charge in [-0.3, -0.25) is 4.79 Å². The summed E-state index contributed by atoms with van der Waals surface area (Å²) in [6.45, 7) is 0.683. The number of nitrogens with zero attached hydrogens (tertiary/aromatic N) is 1. The molecule has 0 saturated carbocycles. The lowest BCUT2D eigenvalue weighted by atomic mass is 10.2. The van der Waals surface area contributed by atoms with Crippen molar-refractivity contribution in [2.45, 2.75) is 6.54 Å². The van der Waals surface area contributed by atoms with E-state index in [0.717, 1.165) is 21.5 Å². The fraction of sp³-hybridized carbons (Fsp3) is 0.200. The highest BCUT2D eigenvalue weighted by Crippen LogP contribution is 2.32. The van der Waals surface area contributed by atoms with Crippen molar-refractivity contribution in [3.05, 3.63) is 52.3 Å². The Balaban J connectivity index is 1.68. The first-order valence-electron chi connectivity index (χ1n) is 6.45. The third kappa shape index (κ3) is 3.00. The number of nitrogens with one attached hydrogen (secondary N) is 1. The Labute approximate surface area is 130 Å². The molecular formula is C15H14BrN2O3+. The van der Waals surface area contributed by atoms with E-state index in [4.69, 9.17) is 9.47 Å². The molecule has 0 bridgehead atoms. The minimum atomic E-state index is -0.125. The van der Waals surface area contributed by atoms with Crippen LogP contribution < -0.4 is 19.4 Å². The first-order chi connectivity index (χ1) is 10.1. The van der Waals surface area contributed by atoms with Crippen LogP contribution >= 0.6 is 15.9 Å². The van der Waals surface area contributed by atoms with Crippen molar-refractivity contribution in [3.63, 3.8) is 0 Å². The number of aromatic nitrogens is 1. The number of amides is 1. The zero-order valence-electron chi connectivity index (χ0n) is 11.4. The number of ether oxygens (including phenoxy) is 2. The molecule has 0 atom stereocenters. The highest BCUT2D eigenvalue weighted by Gasteiger charge is 2.15. The third-order valence-electron chi connectivity index (χ3n) is 3.19. The molecule has 5 nitrogen and oxygen atoms in total. The Kier molecular flexibility index (Phi) is 3.79. The van der Waals surface area contributed by atoms with E-state index in [1.807, 2.05) is 42.2 Å². The lowest BCUT2D eigenvalue weighted by Crippen LogP contribution is -2.29. The van der Waals surface area contributed by atoms with Crippen LogP contribution in [0.3, 0.4) is 0 Å². The van der Waals surface area contributed by atoms with Crippen molar-refractivity contribution in [2.24, 2.45) is 7.05 Å². The van der Waals surface area contributed by atoms with Crippen molar-refractivity contribution < 1.29 is 18.8 Å². The zero-order valence-corrected chi connectivity index (χ0v) is 13.0. The van der Waals surface area contributed by atoms with Gasteiger partial charge >= 0.3 is 0 Å². The second-order valence-corrected chi connectivity index (χ2v) is 5.60. The standard InChI is InChI=1S/C15H13BrN2O3/c1-18-5-4-11(12(16)8-18)15(19)17-7-10-2-3-13-14(6-10)21-9-20-13/h2-6,8H,7,9H2,1H3/p+1. The fourth-order valence-corrected chi connectivity index (χ4v) is 2.71. The first kappa shape index (κ1) is 13.9. The molecule has 0 radical (unpaired) electrons. The van der Waals surface area contributed by atoms with Gasteiger partial charge < -0.3 is 14.8 Å². The maximum Gasteiger partial charge on any atom is 0.253 e. The molecule has 2 aromatic rings. The molecule has 2 heterocycles. The Hall–Kier alpha value is -2.08. The molecule has 0 aliphatic carbocycles. The SMILES string of the molecule is C[n+]1ccc(C(=O)NCc2ccc3c(c2)OCO3)c(Br)c1. The lowest BCUT2D eigenvalue weighted by molar-refractivity contribution is -0.672. The summed E-state index contributed by atoms with van der Waals surface area (Å²) in [7, 11) is 1.90. The largest absolute Gasteiger partial charge is 0.454 e. The van der Waals surface area contributed by atoms with Crippen LogP contribution in [-0.2, 0) is 13.6 Å². The number of pyridine rings is 1. The summed E-state index contributed by atoms with van der Waals surface area (Å²) >= 11 is 3.40. The molecule has 3 rings (SSSR count). The summed E-state index contributed by atoms with van der Waals surface area (Å²) in [5.74, 6) is 1.33. The number of aryl methyl sites for hydroxylation is 1. The Morgan fingerprint density at radius 2 is 2.14 bits per heavy atom. The van der Waals surface area contributed by atoms with E-state index in [-0.39, 0.29) is 12.7 Å². The minimum absolute atomic E-state index is 0.125. The van der Waals surface area contributed by atoms with Crippen LogP contribution in [0.25, 0.3) is 0 Å². The zero-order chi connectivity index (χ0) is 14.8. The maximum absolute atomic E-state index is 12.2. The van der Waals surface area contributed by atoms with Gasteiger partial charge in [0.2, 0.25) is 6.79 Å². The van der Waals surface area contributed by atoms with E-state index >= 15 is 0 Å². The summed E-state index contributed by atoms with van der Waals surface area (Å²) in [6.07, 6.45) is 3.68. The van der Waals surface area contributed by atoms with E-state index in [9.17, 15) is 4.79 Å². The Morgan fingerprint density at radius 1 is 1.33 bits per heavy atom. The van der Waals surface area contributed by atoms with Gasteiger partial charge in [0.05, 0.1) is 10.0 Å². The van der Waals surface area contributed by atoms with Gasteiger partial charge in [-0.2, -0.15) is 0 Å². The number of carbonyl (C=O) groups excluding carboxylic acids is 1. The monoisotopic (exact) mass is 349 g/mol. The van der Waals surface area contributed by atoms with Crippen LogP contribution in [0, 0.1) is 0 Å². The van der Waals surface area contributed by atoms with Crippen LogP contribution in [0.15, 0.2) is 41.1 Å². The van der Waals surface area contributed by atoms with Crippen molar-refractivity contribution in [3.8, 4) is 11.5 Å². The normalized spacial score (nSPS) is 12.3. The van der Waals surface area contributed by atoms with Gasteiger partial charge in [0.1, 0.15) is 7.05 Å². The summed E-state index contributed by atoms with van der Waals surface area (Å²) in [4.78, 5) is 12.2. The van der Waals surface area contributed by atoms with Crippen molar-refractivity contribution in [1.82, 2.24) is 5.32 Å². The molecule has 0 spiro atoms. The number of fused-ring (bicyclic) bond motifs is 1. The smallest absolute Gasteiger partial charge is 0.253 e. The maximum atomic E-state index is 12.2. The molecule has 1 N–H and O–H groups in total. The number of hydrogen-bond donors (Lipinski definition) is 1. The average molecular weight is 350 g/mol. The summed E-state index contributed by atoms with van der Waals surface area (Å²) in [6, 6.07) is 7.41. The number of halogens is 1. The van der Waals surface area contributed by atoms with Crippen LogP contribution in [0.5, 0.6) is 11.5 Å². The molecule has 1 aliphatic heterocycles. The molecule has 1 aromatic heterocycles. The number of carbonyl (C=O) groups is 1. The van der Waals surface area contributed by atoms with E-state index in [1.165, 1.54) is 0 Å². The van der Waals surface area contributed by atoms with E-state index in [1.54, 1.807) is 6.07 Å². The molecule has 6 heteroatoms. The van der Waals surface area contributed by atoms with Gasteiger partial charge in [-0.05, 0) is 33.6 Å². The molecule has 108 valence electrons. The van der Waals surface area contributed by atoms with Gasteiger partial charge in [-0.25, -0.2) is 4.57 Å². The summed E-state index contributed by atoms with van der Waals surface area (Å²) in [5.41, 5.74) is 1.57. The number of benzene rings is 1. The van der Waals surface area contributed by atoms with Gasteiger partial charge in [-0.15, -0.1) is 0 Å². The lowest BCUT2D eigenvalue weighted by Gasteiger charge is -2.07. The second kappa shape index (κ2) is 5.73. The van der Waals surface area contributed by atoms with E-state index < -0.39 is 0 Å². The van der Waals surface area contributed by atoms with Gasteiger partial charge in [-0.1, -0.05) is 6.07 Å². The molecule has 1 aromatic carbocycles. The molecule has 0 fully saturated rings. The molecular weight excluding hydrogens is 336 g/mol. The van der Waals surface area contributed by atoms with Gasteiger partial charge in [0, 0.05) is 12.6 Å². The van der Waals surface area contributed by atoms with E-state index in [0.29, 0.717) is 12.1 Å². The van der Waals surface area contributed by atoms with Crippen LogP contribution in [0.4, 0.5) is 0 Å². The molecule has 0 unspecified atom stereocenters. The second-order valence-electron chi connectivity index (χ2n) is 4.74. The number of rotatable bonds is 3. The third-order valence-corrected chi connectivity index (χ3v) is 3.82. The first-order valence-corrected chi connectivity index (χ1v) is 7.24. The number of hydrogen-bond acceptors (Lipinski definition) is 3. The fourth-order valence-electron chi connectivity index (χ4n) is 2.08. The quantitative estimate of drug-likeness (QED) is 0.861.